The molecule has 0 saturated carbocycles. The van der Waals surface area contributed by atoms with Gasteiger partial charge in [0.05, 0.1) is 22.9 Å². The van der Waals surface area contributed by atoms with Gasteiger partial charge in [0.1, 0.15) is 6.61 Å². The van der Waals surface area contributed by atoms with Gasteiger partial charge in [0, 0.05) is 6.04 Å². The highest BCUT2D eigenvalue weighted by molar-refractivity contribution is 6.00. The minimum Gasteiger partial charge on any atom is -0.457 e. The van der Waals surface area contributed by atoms with Crippen LogP contribution in [0, 0.1) is 11.3 Å². The SMILES string of the molecule is CC(C)NC(=O)Nc1ccccc1C(=O)OCc1cccc(C#N)c1. The molecular weight excluding hydrogens is 318 g/mol. The highest BCUT2D eigenvalue weighted by atomic mass is 16.5. The van der Waals surface area contributed by atoms with Crippen molar-refractivity contribution in [3.63, 3.8) is 0 Å². The zero-order valence-electron chi connectivity index (χ0n) is 14.1. The zero-order chi connectivity index (χ0) is 18.2. The molecular formula is C19H19N3O3. The molecule has 2 aromatic carbocycles. The second-order valence-corrected chi connectivity index (χ2v) is 5.69. The Kier molecular flexibility index (Phi) is 6.13. The fourth-order valence-corrected chi connectivity index (χ4v) is 2.15. The van der Waals surface area contributed by atoms with E-state index in [9.17, 15) is 9.59 Å². The number of nitriles is 1. The van der Waals surface area contributed by atoms with E-state index in [-0.39, 0.29) is 18.2 Å². The van der Waals surface area contributed by atoms with Crippen LogP contribution in [-0.4, -0.2) is 18.0 Å². The number of hydrogen-bond acceptors (Lipinski definition) is 4. The zero-order valence-corrected chi connectivity index (χ0v) is 14.1. The lowest BCUT2D eigenvalue weighted by Crippen LogP contribution is -2.34. The molecule has 0 aliphatic heterocycles. The van der Waals surface area contributed by atoms with Crippen molar-refractivity contribution in [2.24, 2.45) is 0 Å². The monoisotopic (exact) mass is 337 g/mol. The van der Waals surface area contributed by atoms with Crippen LogP contribution < -0.4 is 10.6 Å². The van der Waals surface area contributed by atoms with Crippen LogP contribution in [-0.2, 0) is 11.3 Å². The first-order valence-electron chi connectivity index (χ1n) is 7.82. The Balaban J connectivity index is 2.06. The number of urea groups is 1. The second-order valence-electron chi connectivity index (χ2n) is 5.69. The van der Waals surface area contributed by atoms with Crippen LogP contribution in [0.5, 0.6) is 0 Å². The summed E-state index contributed by atoms with van der Waals surface area (Å²) >= 11 is 0. The molecule has 0 aliphatic rings. The molecule has 0 aliphatic carbocycles. The van der Waals surface area contributed by atoms with Gasteiger partial charge in [-0.05, 0) is 43.7 Å². The first-order chi connectivity index (χ1) is 12.0. The van der Waals surface area contributed by atoms with E-state index in [0.29, 0.717) is 11.3 Å². The lowest BCUT2D eigenvalue weighted by atomic mass is 10.1. The Bertz CT molecular complexity index is 810. The Hall–Kier alpha value is -3.33. The molecule has 0 fully saturated rings. The van der Waals surface area contributed by atoms with Crippen molar-refractivity contribution in [1.82, 2.24) is 5.32 Å². The third kappa shape index (κ3) is 5.36. The fourth-order valence-electron chi connectivity index (χ4n) is 2.15. The molecule has 2 amide bonds. The van der Waals surface area contributed by atoms with Crippen LogP contribution in [0.3, 0.4) is 0 Å². The van der Waals surface area contributed by atoms with E-state index in [4.69, 9.17) is 10.00 Å². The molecule has 6 nitrogen and oxygen atoms in total. The fraction of sp³-hybridized carbons (Fsp3) is 0.211. The maximum absolute atomic E-state index is 12.3. The summed E-state index contributed by atoms with van der Waals surface area (Å²) < 4.78 is 5.30. The lowest BCUT2D eigenvalue weighted by molar-refractivity contribution is 0.0474. The molecule has 0 bridgehead atoms. The quantitative estimate of drug-likeness (QED) is 0.818. The van der Waals surface area contributed by atoms with Crippen LogP contribution in [0.1, 0.15) is 35.3 Å². The Morgan fingerprint density at radius 3 is 2.64 bits per heavy atom. The summed E-state index contributed by atoms with van der Waals surface area (Å²) in [6, 6.07) is 15.1. The number of amides is 2. The van der Waals surface area contributed by atoms with Crippen molar-refractivity contribution in [2.75, 3.05) is 5.32 Å². The topological polar surface area (TPSA) is 91.2 Å². The molecule has 2 rings (SSSR count). The minimum absolute atomic E-state index is 0.0217. The van der Waals surface area contributed by atoms with Gasteiger partial charge in [0.2, 0.25) is 0 Å². The number of benzene rings is 2. The number of hydrogen-bond donors (Lipinski definition) is 2. The Morgan fingerprint density at radius 1 is 1.16 bits per heavy atom. The van der Waals surface area contributed by atoms with Crippen molar-refractivity contribution >= 4 is 17.7 Å². The normalized spacial score (nSPS) is 10.0. The van der Waals surface area contributed by atoms with Gasteiger partial charge in [0.25, 0.3) is 0 Å². The summed E-state index contributed by atoms with van der Waals surface area (Å²) in [6.07, 6.45) is 0. The van der Waals surface area contributed by atoms with E-state index in [2.05, 4.69) is 10.6 Å². The second kappa shape index (κ2) is 8.50. The Labute approximate surface area is 146 Å². The predicted octanol–water partition coefficient (Wildman–Crippen LogP) is 3.45. The molecule has 128 valence electrons. The molecule has 0 atom stereocenters. The maximum atomic E-state index is 12.3. The van der Waals surface area contributed by atoms with Gasteiger partial charge in [-0.25, -0.2) is 9.59 Å². The van der Waals surface area contributed by atoms with Crippen LogP contribution in [0.15, 0.2) is 48.5 Å². The van der Waals surface area contributed by atoms with E-state index in [1.807, 2.05) is 19.9 Å². The van der Waals surface area contributed by atoms with Crippen LogP contribution in [0.25, 0.3) is 0 Å². The van der Waals surface area contributed by atoms with Gasteiger partial charge in [-0.15, -0.1) is 0 Å². The van der Waals surface area contributed by atoms with E-state index in [1.165, 1.54) is 0 Å². The third-order valence-electron chi connectivity index (χ3n) is 3.24. The molecule has 25 heavy (non-hydrogen) atoms. The summed E-state index contributed by atoms with van der Waals surface area (Å²) in [4.78, 5) is 24.2. The van der Waals surface area contributed by atoms with Crippen molar-refractivity contribution in [3.05, 3.63) is 65.2 Å². The van der Waals surface area contributed by atoms with Crippen molar-refractivity contribution in [3.8, 4) is 6.07 Å². The van der Waals surface area contributed by atoms with Gasteiger partial charge in [-0.2, -0.15) is 5.26 Å². The summed E-state index contributed by atoms with van der Waals surface area (Å²) in [7, 11) is 0. The lowest BCUT2D eigenvalue weighted by Gasteiger charge is -2.13. The number of para-hydroxylation sites is 1. The van der Waals surface area contributed by atoms with Gasteiger partial charge < -0.3 is 15.4 Å². The van der Waals surface area contributed by atoms with E-state index in [1.54, 1.807) is 48.5 Å². The number of esters is 1. The standard InChI is InChI=1S/C19H19N3O3/c1-13(2)21-19(24)22-17-9-4-3-8-16(17)18(23)25-12-15-7-5-6-14(10-15)11-20/h3-10,13H,12H2,1-2H3,(H2,21,22,24). The number of ether oxygens (including phenoxy) is 1. The van der Waals surface area contributed by atoms with Gasteiger partial charge in [-0.3, -0.25) is 0 Å². The highest BCUT2D eigenvalue weighted by Crippen LogP contribution is 2.17. The van der Waals surface area contributed by atoms with Crippen molar-refractivity contribution in [1.29, 1.82) is 5.26 Å². The molecule has 6 heteroatoms. The smallest absolute Gasteiger partial charge is 0.340 e. The molecule has 2 aromatic rings. The predicted molar refractivity (Wildman–Crippen MR) is 94.0 cm³/mol. The third-order valence-corrected chi connectivity index (χ3v) is 3.24. The summed E-state index contributed by atoms with van der Waals surface area (Å²) in [5.74, 6) is -0.553. The summed E-state index contributed by atoms with van der Waals surface area (Å²) in [5.41, 5.74) is 1.85. The average Bonchev–Trinajstić information content (AvgIpc) is 2.59. The average molecular weight is 337 g/mol. The molecule has 2 N–H and O–H groups in total. The maximum Gasteiger partial charge on any atom is 0.340 e. The van der Waals surface area contributed by atoms with E-state index in [0.717, 1.165) is 5.56 Å². The number of nitrogens with zero attached hydrogens (tertiary/aromatic N) is 1. The molecule has 0 radical (unpaired) electrons. The highest BCUT2D eigenvalue weighted by Gasteiger charge is 2.15. The summed E-state index contributed by atoms with van der Waals surface area (Å²) in [5, 5.41) is 14.2. The molecule has 0 spiro atoms. The number of carbonyl (C=O) groups excluding carboxylic acids is 2. The van der Waals surface area contributed by atoms with Crippen LogP contribution in [0.2, 0.25) is 0 Å². The number of nitrogens with one attached hydrogen (secondary N) is 2. The van der Waals surface area contributed by atoms with Gasteiger partial charge >= 0.3 is 12.0 Å². The molecule has 0 heterocycles. The van der Waals surface area contributed by atoms with Crippen molar-refractivity contribution < 1.29 is 14.3 Å². The molecule has 0 unspecified atom stereocenters. The molecule has 0 saturated heterocycles. The van der Waals surface area contributed by atoms with Crippen molar-refractivity contribution in [2.45, 2.75) is 26.5 Å². The van der Waals surface area contributed by atoms with E-state index < -0.39 is 12.0 Å². The Morgan fingerprint density at radius 2 is 1.92 bits per heavy atom. The number of rotatable bonds is 5. The summed E-state index contributed by atoms with van der Waals surface area (Å²) in [6.45, 7) is 3.73. The largest absolute Gasteiger partial charge is 0.457 e. The number of anilines is 1. The minimum atomic E-state index is -0.553. The van der Waals surface area contributed by atoms with E-state index >= 15 is 0 Å². The first-order valence-corrected chi connectivity index (χ1v) is 7.82. The first kappa shape index (κ1) is 18.0. The van der Waals surface area contributed by atoms with Crippen LogP contribution >= 0.6 is 0 Å². The van der Waals surface area contributed by atoms with Gasteiger partial charge in [0.15, 0.2) is 0 Å². The number of carbonyl (C=O) groups is 2. The molecule has 0 aromatic heterocycles. The van der Waals surface area contributed by atoms with Crippen LogP contribution in [0.4, 0.5) is 10.5 Å². The van der Waals surface area contributed by atoms with Gasteiger partial charge in [-0.1, -0.05) is 24.3 Å².